The van der Waals surface area contributed by atoms with E-state index in [0.29, 0.717) is 17.9 Å². The van der Waals surface area contributed by atoms with E-state index in [1.165, 1.54) is 0 Å². The molecular weight excluding hydrogens is 194 g/mol. The zero-order chi connectivity index (χ0) is 11.1. The summed E-state index contributed by atoms with van der Waals surface area (Å²) in [6, 6.07) is 7.15. The fourth-order valence-electron chi connectivity index (χ4n) is 1.09. The van der Waals surface area contributed by atoms with Crippen molar-refractivity contribution in [3.05, 3.63) is 24.3 Å². The fourth-order valence-corrected chi connectivity index (χ4v) is 1.09. The quantitative estimate of drug-likeness (QED) is 0.770. The number of aliphatic hydroxyl groups excluding tert-OH is 1. The van der Waals surface area contributed by atoms with E-state index in [2.05, 4.69) is 5.32 Å². The Labute approximate surface area is 88.9 Å². The van der Waals surface area contributed by atoms with E-state index >= 15 is 0 Å². The number of hydrogen-bond acceptors (Lipinski definition) is 3. The molecule has 0 aliphatic carbocycles. The van der Waals surface area contributed by atoms with E-state index in [1.807, 2.05) is 12.1 Å². The van der Waals surface area contributed by atoms with Crippen LogP contribution in [0.5, 0.6) is 5.75 Å². The number of carbonyl (C=O) groups excluding carboxylic acids is 1. The molecule has 1 aromatic rings. The van der Waals surface area contributed by atoms with Crippen molar-refractivity contribution in [2.24, 2.45) is 0 Å². The van der Waals surface area contributed by atoms with Crippen LogP contribution in [0.25, 0.3) is 0 Å². The van der Waals surface area contributed by atoms with Crippen molar-refractivity contribution in [2.45, 2.75) is 13.3 Å². The van der Waals surface area contributed by atoms with Gasteiger partial charge in [0.2, 0.25) is 5.91 Å². The van der Waals surface area contributed by atoms with Crippen LogP contribution in [0.4, 0.5) is 5.69 Å². The molecule has 2 N–H and O–H groups in total. The Bertz CT molecular complexity index is 325. The highest BCUT2D eigenvalue weighted by Gasteiger charge is 2.04. The number of ether oxygens (including phenoxy) is 1. The van der Waals surface area contributed by atoms with E-state index in [-0.39, 0.29) is 19.1 Å². The maximum absolute atomic E-state index is 11.2. The molecule has 1 amide bonds. The van der Waals surface area contributed by atoms with Gasteiger partial charge in [-0.25, -0.2) is 0 Å². The Kier molecular flexibility index (Phi) is 4.63. The first-order valence-corrected chi connectivity index (χ1v) is 4.90. The number of rotatable bonds is 5. The number of hydrogen-bond donors (Lipinski definition) is 2. The Morgan fingerprint density at radius 1 is 1.47 bits per heavy atom. The summed E-state index contributed by atoms with van der Waals surface area (Å²) in [6.45, 7) is 1.96. The van der Waals surface area contributed by atoms with E-state index in [0.717, 1.165) is 0 Å². The Morgan fingerprint density at radius 3 is 2.87 bits per heavy atom. The first-order chi connectivity index (χ1) is 7.27. The van der Waals surface area contributed by atoms with Gasteiger partial charge in [0.05, 0.1) is 12.3 Å². The summed E-state index contributed by atoms with van der Waals surface area (Å²) in [5, 5.41) is 11.4. The number of carbonyl (C=O) groups is 1. The van der Waals surface area contributed by atoms with Gasteiger partial charge in [0, 0.05) is 6.42 Å². The van der Waals surface area contributed by atoms with Crippen LogP contribution >= 0.6 is 0 Å². The van der Waals surface area contributed by atoms with Crippen molar-refractivity contribution in [1.82, 2.24) is 0 Å². The van der Waals surface area contributed by atoms with Gasteiger partial charge in [0.25, 0.3) is 0 Å². The summed E-state index contributed by atoms with van der Waals surface area (Å²) in [4.78, 5) is 11.2. The molecule has 82 valence electrons. The van der Waals surface area contributed by atoms with E-state index in [1.54, 1.807) is 19.1 Å². The second kappa shape index (κ2) is 6.03. The number of benzene rings is 1. The lowest BCUT2D eigenvalue weighted by Gasteiger charge is -2.10. The lowest BCUT2D eigenvalue weighted by molar-refractivity contribution is -0.115. The van der Waals surface area contributed by atoms with Gasteiger partial charge in [-0.15, -0.1) is 0 Å². The highest BCUT2D eigenvalue weighted by atomic mass is 16.5. The maximum atomic E-state index is 11.2. The van der Waals surface area contributed by atoms with E-state index < -0.39 is 0 Å². The second-order valence-corrected chi connectivity index (χ2v) is 2.97. The first kappa shape index (κ1) is 11.5. The second-order valence-electron chi connectivity index (χ2n) is 2.97. The molecule has 0 bridgehead atoms. The average molecular weight is 209 g/mol. The van der Waals surface area contributed by atoms with Crippen LogP contribution in [-0.4, -0.2) is 24.2 Å². The molecule has 0 saturated carbocycles. The average Bonchev–Trinajstić information content (AvgIpc) is 2.28. The number of aliphatic hydroxyl groups is 1. The Balaban J connectivity index is 2.72. The van der Waals surface area contributed by atoms with Gasteiger partial charge in [-0.3, -0.25) is 4.79 Å². The predicted octanol–water partition coefficient (Wildman–Crippen LogP) is 1.41. The summed E-state index contributed by atoms with van der Waals surface area (Å²) in [6.07, 6.45) is 0.425. The van der Waals surface area contributed by atoms with Crippen LogP contribution in [0, 0.1) is 0 Å². The maximum Gasteiger partial charge on any atom is 0.224 e. The third-order valence-electron chi connectivity index (χ3n) is 1.83. The van der Waals surface area contributed by atoms with E-state index in [4.69, 9.17) is 9.84 Å². The molecule has 0 saturated heterocycles. The topological polar surface area (TPSA) is 58.6 Å². The zero-order valence-corrected chi connectivity index (χ0v) is 8.69. The van der Waals surface area contributed by atoms with Crippen LogP contribution in [-0.2, 0) is 4.79 Å². The summed E-state index contributed by atoms with van der Waals surface area (Å²) in [5.41, 5.74) is 0.637. The van der Waals surface area contributed by atoms with Crippen LogP contribution in [0.1, 0.15) is 13.3 Å². The SMILES string of the molecule is CCC(=O)Nc1ccccc1OCCO. The summed E-state index contributed by atoms with van der Waals surface area (Å²) in [5.74, 6) is 0.517. The van der Waals surface area contributed by atoms with Crippen molar-refractivity contribution < 1.29 is 14.6 Å². The molecule has 0 aliphatic heterocycles. The Hall–Kier alpha value is -1.55. The van der Waals surface area contributed by atoms with Gasteiger partial charge in [0.1, 0.15) is 12.4 Å². The third-order valence-corrected chi connectivity index (χ3v) is 1.83. The first-order valence-electron chi connectivity index (χ1n) is 4.90. The minimum absolute atomic E-state index is 0.0456. The molecule has 0 atom stereocenters. The zero-order valence-electron chi connectivity index (χ0n) is 8.69. The number of amides is 1. The number of para-hydroxylation sites is 2. The molecule has 1 aromatic carbocycles. The smallest absolute Gasteiger partial charge is 0.224 e. The molecule has 0 heterocycles. The monoisotopic (exact) mass is 209 g/mol. The van der Waals surface area contributed by atoms with Gasteiger partial charge in [-0.05, 0) is 12.1 Å². The molecule has 15 heavy (non-hydrogen) atoms. The number of nitrogens with one attached hydrogen (secondary N) is 1. The van der Waals surface area contributed by atoms with Gasteiger partial charge in [-0.2, -0.15) is 0 Å². The van der Waals surface area contributed by atoms with Crippen molar-refractivity contribution in [2.75, 3.05) is 18.5 Å². The predicted molar refractivity (Wildman–Crippen MR) is 57.9 cm³/mol. The molecule has 1 rings (SSSR count). The lowest BCUT2D eigenvalue weighted by Crippen LogP contribution is -2.11. The Morgan fingerprint density at radius 2 is 2.20 bits per heavy atom. The van der Waals surface area contributed by atoms with Crippen molar-refractivity contribution in [3.63, 3.8) is 0 Å². The fraction of sp³-hybridized carbons (Fsp3) is 0.364. The van der Waals surface area contributed by atoms with Gasteiger partial charge in [0.15, 0.2) is 0 Å². The third kappa shape index (κ3) is 3.59. The summed E-state index contributed by atoms with van der Waals surface area (Å²) in [7, 11) is 0. The molecule has 0 fully saturated rings. The molecule has 4 heteroatoms. The lowest BCUT2D eigenvalue weighted by atomic mass is 10.3. The van der Waals surface area contributed by atoms with Crippen LogP contribution in [0.3, 0.4) is 0 Å². The van der Waals surface area contributed by atoms with Crippen molar-refractivity contribution in [1.29, 1.82) is 0 Å². The molecule has 0 aromatic heterocycles. The van der Waals surface area contributed by atoms with Crippen LogP contribution < -0.4 is 10.1 Å². The molecule has 4 nitrogen and oxygen atoms in total. The standard InChI is InChI=1S/C11H15NO3/c1-2-11(14)12-9-5-3-4-6-10(9)15-8-7-13/h3-6,13H,2,7-8H2,1H3,(H,12,14). The normalized spacial score (nSPS) is 9.73. The van der Waals surface area contributed by atoms with Gasteiger partial charge >= 0.3 is 0 Å². The minimum Gasteiger partial charge on any atom is -0.489 e. The molecule has 0 aliphatic rings. The summed E-state index contributed by atoms with van der Waals surface area (Å²) >= 11 is 0. The molecular formula is C11H15NO3. The van der Waals surface area contributed by atoms with Gasteiger partial charge < -0.3 is 15.2 Å². The highest BCUT2D eigenvalue weighted by Crippen LogP contribution is 2.23. The molecule has 0 radical (unpaired) electrons. The summed E-state index contributed by atoms with van der Waals surface area (Å²) < 4.78 is 5.27. The molecule has 0 unspecified atom stereocenters. The molecule has 0 spiro atoms. The van der Waals surface area contributed by atoms with E-state index in [9.17, 15) is 4.79 Å². The van der Waals surface area contributed by atoms with Crippen molar-refractivity contribution in [3.8, 4) is 5.75 Å². The van der Waals surface area contributed by atoms with Crippen molar-refractivity contribution >= 4 is 11.6 Å². The minimum atomic E-state index is -0.0601. The van der Waals surface area contributed by atoms with Gasteiger partial charge in [-0.1, -0.05) is 19.1 Å². The number of anilines is 1. The largest absolute Gasteiger partial charge is 0.489 e. The highest BCUT2D eigenvalue weighted by molar-refractivity contribution is 5.91. The van der Waals surface area contributed by atoms with Crippen LogP contribution in [0.15, 0.2) is 24.3 Å². The van der Waals surface area contributed by atoms with Crippen LogP contribution in [0.2, 0.25) is 0 Å².